The highest BCUT2D eigenvalue weighted by Crippen LogP contribution is 2.05. The molecule has 0 saturated heterocycles. The molecule has 0 bridgehead atoms. The van der Waals surface area contributed by atoms with Crippen molar-refractivity contribution < 1.29 is 0 Å². The van der Waals surface area contributed by atoms with Gasteiger partial charge in [-0.05, 0) is 19.7 Å². The van der Waals surface area contributed by atoms with Gasteiger partial charge in [-0.2, -0.15) is 16.9 Å². The van der Waals surface area contributed by atoms with Gasteiger partial charge in [0.1, 0.15) is 12.2 Å². The summed E-state index contributed by atoms with van der Waals surface area (Å²) in [5.41, 5.74) is 0. The van der Waals surface area contributed by atoms with E-state index in [1.165, 1.54) is 0 Å². The predicted molar refractivity (Wildman–Crippen MR) is 65.2 cm³/mol. The number of aromatic nitrogens is 3. The minimum Gasteiger partial charge on any atom is -0.316 e. The van der Waals surface area contributed by atoms with E-state index in [1.54, 1.807) is 6.33 Å². The van der Waals surface area contributed by atoms with Crippen LogP contribution >= 0.6 is 11.8 Å². The average molecular weight is 228 g/mol. The van der Waals surface area contributed by atoms with Crippen molar-refractivity contribution in [3.8, 4) is 0 Å². The van der Waals surface area contributed by atoms with Gasteiger partial charge in [-0.3, -0.25) is 4.68 Å². The van der Waals surface area contributed by atoms with E-state index in [-0.39, 0.29) is 0 Å². The van der Waals surface area contributed by atoms with Crippen molar-refractivity contribution in [2.75, 3.05) is 19.1 Å². The Bertz CT molecular complexity index is 274. The molecule has 0 saturated carbocycles. The molecule has 5 heteroatoms. The second kappa shape index (κ2) is 6.85. The molecule has 1 unspecified atom stereocenters. The second-order valence-corrected chi connectivity index (χ2v) is 4.46. The van der Waals surface area contributed by atoms with Crippen molar-refractivity contribution in [3.63, 3.8) is 0 Å². The van der Waals surface area contributed by atoms with E-state index < -0.39 is 0 Å². The van der Waals surface area contributed by atoms with E-state index >= 15 is 0 Å². The summed E-state index contributed by atoms with van der Waals surface area (Å²) in [6.07, 6.45) is 5.83. The summed E-state index contributed by atoms with van der Waals surface area (Å²) in [5.74, 6) is 2.19. The van der Waals surface area contributed by atoms with E-state index in [0.29, 0.717) is 6.04 Å². The first kappa shape index (κ1) is 12.5. The first-order valence-corrected chi connectivity index (χ1v) is 6.74. The number of hydrogen-bond acceptors (Lipinski definition) is 4. The molecule has 0 radical (unpaired) electrons. The van der Waals surface area contributed by atoms with Gasteiger partial charge in [0.05, 0.1) is 0 Å². The van der Waals surface area contributed by atoms with E-state index in [2.05, 4.69) is 28.6 Å². The Balaban J connectivity index is 2.57. The molecule has 0 aliphatic heterocycles. The van der Waals surface area contributed by atoms with Crippen LogP contribution in [0.25, 0.3) is 0 Å². The van der Waals surface area contributed by atoms with Crippen LogP contribution in [0.3, 0.4) is 0 Å². The summed E-state index contributed by atoms with van der Waals surface area (Å²) < 4.78 is 2.00. The van der Waals surface area contributed by atoms with Gasteiger partial charge in [0.2, 0.25) is 0 Å². The zero-order chi connectivity index (χ0) is 11.1. The number of aryl methyl sites for hydroxylation is 1. The molecule has 1 aromatic heterocycles. The van der Waals surface area contributed by atoms with Gasteiger partial charge in [-0.1, -0.05) is 6.92 Å². The van der Waals surface area contributed by atoms with Gasteiger partial charge in [0, 0.05) is 24.8 Å². The maximum absolute atomic E-state index is 4.31. The average Bonchev–Trinajstić information content (AvgIpc) is 2.66. The van der Waals surface area contributed by atoms with Gasteiger partial charge in [-0.15, -0.1) is 0 Å². The Morgan fingerprint density at radius 1 is 1.60 bits per heavy atom. The van der Waals surface area contributed by atoms with Crippen molar-refractivity contribution in [2.45, 2.75) is 32.4 Å². The van der Waals surface area contributed by atoms with Crippen molar-refractivity contribution in [2.24, 2.45) is 0 Å². The molecule has 1 rings (SSSR count). The molecular weight excluding hydrogens is 208 g/mol. The summed E-state index contributed by atoms with van der Waals surface area (Å²) >= 11 is 1.86. The number of nitrogens with one attached hydrogen (secondary N) is 1. The molecule has 0 aliphatic carbocycles. The Kier molecular flexibility index (Phi) is 5.71. The van der Waals surface area contributed by atoms with Crippen LogP contribution < -0.4 is 5.32 Å². The number of hydrogen-bond donors (Lipinski definition) is 1. The van der Waals surface area contributed by atoms with E-state index in [4.69, 9.17) is 0 Å². The van der Waals surface area contributed by atoms with Crippen LogP contribution in [0.4, 0.5) is 0 Å². The minimum absolute atomic E-state index is 0.486. The second-order valence-electron chi connectivity index (χ2n) is 3.54. The highest BCUT2D eigenvalue weighted by atomic mass is 32.2. The van der Waals surface area contributed by atoms with Crippen LogP contribution in [0.1, 0.15) is 19.2 Å². The zero-order valence-corrected chi connectivity index (χ0v) is 10.5. The van der Waals surface area contributed by atoms with Crippen LogP contribution in [0.2, 0.25) is 0 Å². The Hall–Kier alpha value is -0.550. The van der Waals surface area contributed by atoms with Crippen LogP contribution in [0, 0.1) is 0 Å². The highest BCUT2D eigenvalue weighted by Gasteiger charge is 2.11. The quantitative estimate of drug-likeness (QED) is 0.761. The lowest BCUT2D eigenvalue weighted by Crippen LogP contribution is -2.31. The van der Waals surface area contributed by atoms with E-state index in [1.807, 2.05) is 23.5 Å². The number of nitrogens with zero attached hydrogens (tertiary/aromatic N) is 3. The van der Waals surface area contributed by atoms with Crippen LogP contribution in [0.15, 0.2) is 6.33 Å². The first-order valence-electron chi connectivity index (χ1n) is 5.34. The van der Waals surface area contributed by atoms with Gasteiger partial charge >= 0.3 is 0 Å². The SMILES string of the molecule is CCCn1ncnc1CC(CSC)NC. The molecule has 1 heterocycles. The lowest BCUT2D eigenvalue weighted by Gasteiger charge is -2.14. The minimum atomic E-state index is 0.486. The highest BCUT2D eigenvalue weighted by molar-refractivity contribution is 7.98. The third-order valence-corrected chi connectivity index (χ3v) is 3.07. The topological polar surface area (TPSA) is 42.7 Å². The zero-order valence-electron chi connectivity index (χ0n) is 9.73. The molecule has 1 atom stereocenters. The summed E-state index contributed by atoms with van der Waals surface area (Å²) in [6, 6.07) is 0.486. The summed E-state index contributed by atoms with van der Waals surface area (Å²) in [5, 5.41) is 7.53. The fourth-order valence-electron chi connectivity index (χ4n) is 1.51. The van der Waals surface area contributed by atoms with Crippen molar-refractivity contribution in [3.05, 3.63) is 12.2 Å². The van der Waals surface area contributed by atoms with Gasteiger partial charge in [-0.25, -0.2) is 4.98 Å². The number of rotatable bonds is 7. The largest absolute Gasteiger partial charge is 0.316 e. The molecule has 1 aromatic rings. The Morgan fingerprint density at radius 3 is 3.00 bits per heavy atom. The van der Waals surface area contributed by atoms with Crippen LogP contribution in [0.5, 0.6) is 0 Å². The van der Waals surface area contributed by atoms with Crippen LogP contribution in [-0.4, -0.2) is 39.9 Å². The molecular formula is C10H20N4S. The molecule has 0 amide bonds. The first-order chi connectivity index (χ1) is 7.31. The molecule has 15 heavy (non-hydrogen) atoms. The number of thioether (sulfide) groups is 1. The summed E-state index contributed by atoms with van der Waals surface area (Å²) in [4.78, 5) is 4.31. The lowest BCUT2D eigenvalue weighted by atomic mass is 10.2. The molecule has 0 fully saturated rings. The number of likely N-dealkylation sites (N-methyl/N-ethyl adjacent to an activating group) is 1. The van der Waals surface area contributed by atoms with E-state index in [0.717, 1.165) is 31.0 Å². The van der Waals surface area contributed by atoms with Gasteiger partial charge < -0.3 is 5.32 Å². The third kappa shape index (κ3) is 3.83. The maximum atomic E-state index is 4.31. The van der Waals surface area contributed by atoms with Crippen molar-refractivity contribution in [1.82, 2.24) is 20.1 Å². The maximum Gasteiger partial charge on any atom is 0.138 e. The monoisotopic (exact) mass is 228 g/mol. The van der Waals surface area contributed by atoms with Crippen molar-refractivity contribution in [1.29, 1.82) is 0 Å². The predicted octanol–water partition coefficient (Wildman–Crippen LogP) is 1.18. The molecule has 1 N–H and O–H groups in total. The van der Waals surface area contributed by atoms with Crippen LogP contribution in [-0.2, 0) is 13.0 Å². The fourth-order valence-corrected chi connectivity index (χ4v) is 2.20. The molecule has 0 spiro atoms. The molecule has 86 valence electrons. The standard InChI is InChI=1S/C10H20N4S/c1-4-5-14-10(12-8-13-14)6-9(11-2)7-15-3/h8-9,11H,4-7H2,1-3H3. The summed E-state index contributed by atoms with van der Waals surface area (Å²) in [6.45, 7) is 3.12. The Labute approximate surface area is 95.9 Å². The smallest absolute Gasteiger partial charge is 0.138 e. The van der Waals surface area contributed by atoms with Gasteiger partial charge in [0.15, 0.2) is 0 Å². The Morgan fingerprint density at radius 2 is 2.40 bits per heavy atom. The lowest BCUT2D eigenvalue weighted by molar-refractivity contribution is 0.528. The van der Waals surface area contributed by atoms with Crippen molar-refractivity contribution >= 4 is 11.8 Å². The normalized spacial score (nSPS) is 13.0. The molecule has 0 aromatic carbocycles. The fraction of sp³-hybridized carbons (Fsp3) is 0.800. The summed E-state index contributed by atoms with van der Waals surface area (Å²) in [7, 11) is 2.00. The molecule has 4 nitrogen and oxygen atoms in total. The molecule has 0 aliphatic rings. The third-order valence-electron chi connectivity index (χ3n) is 2.34. The van der Waals surface area contributed by atoms with E-state index in [9.17, 15) is 0 Å². The van der Waals surface area contributed by atoms with Gasteiger partial charge in [0.25, 0.3) is 0 Å².